The molecular formula is C15H15FN2O2. The summed E-state index contributed by atoms with van der Waals surface area (Å²) >= 11 is 0. The number of hydrogen-bond acceptors (Lipinski definition) is 2. The number of carbonyl (C=O) groups excluding carboxylic acids is 1. The maximum Gasteiger partial charge on any atom is 0.254 e. The lowest BCUT2D eigenvalue weighted by Crippen LogP contribution is -2.30. The number of carbonyl (C=O) groups is 1. The highest BCUT2D eigenvalue weighted by atomic mass is 19.1. The van der Waals surface area contributed by atoms with E-state index in [2.05, 4.69) is 4.98 Å². The summed E-state index contributed by atoms with van der Waals surface area (Å²) in [5.41, 5.74) is 0.830. The van der Waals surface area contributed by atoms with E-state index in [0.717, 1.165) is 5.56 Å². The Balaban J connectivity index is 2.22. The average molecular weight is 274 g/mol. The van der Waals surface area contributed by atoms with Crippen LogP contribution in [0, 0.1) is 5.82 Å². The van der Waals surface area contributed by atoms with Crippen molar-refractivity contribution in [3.8, 4) is 0 Å². The highest BCUT2D eigenvalue weighted by molar-refractivity contribution is 5.94. The van der Waals surface area contributed by atoms with Crippen LogP contribution in [0.1, 0.15) is 28.9 Å². The minimum absolute atomic E-state index is 0.220. The van der Waals surface area contributed by atoms with E-state index in [-0.39, 0.29) is 23.3 Å². The minimum atomic E-state index is -0.321. The number of halogens is 1. The van der Waals surface area contributed by atoms with Crippen molar-refractivity contribution in [2.75, 3.05) is 7.05 Å². The number of aromatic nitrogens is 1. The molecule has 0 spiro atoms. The van der Waals surface area contributed by atoms with Gasteiger partial charge in [0.25, 0.3) is 5.91 Å². The number of aromatic amines is 1. The Labute approximate surface area is 115 Å². The Bertz CT molecular complexity index is 664. The van der Waals surface area contributed by atoms with E-state index >= 15 is 0 Å². The molecule has 1 N–H and O–H groups in total. The van der Waals surface area contributed by atoms with Crippen molar-refractivity contribution >= 4 is 5.91 Å². The summed E-state index contributed by atoms with van der Waals surface area (Å²) in [7, 11) is 1.65. The molecule has 1 amide bonds. The lowest BCUT2D eigenvalue weighted by Gasteiger charge is -2.25. The molecule has 0 saturated heterocycles. The van der Waals surface area contributed by atoms with Gasteiger partial charge in [-0.2, -0.15) is 0 Å². The van der Waals surface area contributed by atoms with Crippen molar-refractivity contribution < 1.29 is 9.18 Å². The van der Waals surface area contributed by atoms with E-state index in [1.807, 2.05) is 6.92 Å². The maximum absolute atomic E-state index is 12.9. The van der Waals surface area contributed by atoms with Gasteiger partial charge in [-0.15, -0.1) is 0 Å². The Kier molecular flexibility index (Phi) is 3.98. The number of amides is 1. The predicted octanol–water partition coefficient (Wildman–Crippen LogP) is 2.35. The van der Waals surface area contributed by atoms with Crippen molar-refractivity contribution in [3.05, 3.63) is 69.9 Å². The summed E-state index contributed by atoms with van der Waals surface area (Å²) in [4.78, 5) is 27.5. The molecule has 1 aromatic carbocycles. The molecule has 1 aromatic heterocycles. The standard InChI is InChI=1S/C15H15FN2O2/c1-10(11-3-5-13(16)6-4-11)18(2)15(20)12-7-8-17-14(19)9-12/h3-10H,1-2H3,(H,17,19). The molecular weight excluding hydrogens is 259 g/mol. The first kappa shape index (κ1) is 14.0. The van der Waals surface area contributed by atoms with Crippen molar-refractivity contribution in [2.45, 2.75) is 13.0 Å². The van der Waals surface area contributed by atoms with Crippen LogP contribution in [0.5, 0.6) is 0 Å². The van der Waals surface area contributed by atoms with E-state index in [1.165, 1.54) is 29.3 Å². The van der Waals surface area contributed by atoms with E-state index in [4.69, 9.17) is 0 Å². The van der Waals surface area contributed by atoms with Crippen LogP contribution in [0.3, 0.4) is 0 Å². The van der Waals surface area contributed by atoms with Crippen molar-refractivity contribution in [3.63, 3.8) is 0 Å². The highest BCUT2D eigenvalue weighted by Gasteiger charge is 2.19. The zero-order valence-electron chi connectivity index (χ0n) is 11.3. The third kappa shape index (κ3) is 2.93. The number of pyridine rings is 1. The number of benzene rings is 1. The molecule has 1 atom stereocenters. The quantitative estimate of drug-likeness (QED) is 0.934. The lowest BCUT2D eigenvalue weighted by molar-refractivity contribution is 0.0742. The molecule has 0 aliphatic carbocycles. The zero-order chi connectivity index (χ0) is 14.7. The summed E-state index contributed by atoms with van der Waals surface area (Å²) < 4.78 is 12.9. The van der Waals surface area contributed by atoms with E-state index in [1.54, 1.807) is 25.2 Å². The molecule has 0 saturated carbocycles. The van der Waals surface area contributed by atoms with Crippen molar-refractivity contribution in [2.24, 2.45) is 0 Å². The van der Waals surface area contributed by atoms with Gasteiger partial charge in [-0.1, -0.05) is 12.1 Å². The Morgan fingerprint density at radius 3 is 2.50 bits per heavy atom. The van der Waals surface area contributed by atoms with Crippen LogP contribution in [-0.4, -0.2) is 22.8 Å². The van der Waals surface area contributed by atoms with Crippen LogP contribution in [0.15, 0.2) is 47.4 Å². The van der Waals surface area contributed by atoms with E-state index in [9.17, 15) is 14.0 Å². The third-order valence-electron chi connectivity index (χ3n) is 3.28. The van der Waals surface area contributed by atoms with Gasteiger partial charge in [-0.25, -0.2) is 4.39 Å². The second kappa shape index (κ2) is 5.69. The smallest absolute Gasteiger partial charge is 0.254 e. The first-order valence-corrected chi connectivity index (χ1v) is 6.20. The van der Waals surface area contributed by atoms with Crippen molar-refractivity contribution in [1.82, 2.24) is 9.88 Å². The summed E-state index contributed by atoms with van der Waals surface area (Å²) in [6.07, 6.45) is 1.44. The second-order valence-electron chi connectivity index (χ2n) is 4.59. The number of nitrogens with zero attached hydrogens (tertiary/aromatic N) is 1. The number of hydrogen-bond donors (Lipinski definition) is 1. The van der Waals surface area contributed by atoms with Gasteiger partial charge in [0.05, 0.1) is 6.04 Å². The first-order chi connectivity index (χ1) is 9.49. The van der Waals surface area contributed by atoms with Crippen LogP contribution in [0.25, 0.3) is 0 Å². The topological polar surface area (TPSA) is 53.2 Å². The molecule has 104 valence electrons. The van der Waals surface area contributed by atoms with Gasteiger partial charge in [0.15, 0.2) is 0 Å². The summed E-state index contributed by atoms with van der Waals surface area (Å²) in [6.45, 7) is 1.85. The molecule has 5 heteroatoms. The van der Waals surface area contributed by atoms with Crippen molar-refractivity contribution in [1.29, 1.82) is 0 Å². The largest absolute Gasteiger partial charge is 0.335 e. The molecule has 0 aliphatic rings. The zero-order valence-corrected chi connectivity index (χ0v) is 11.3. The molecule has 2 aromatic rings. The van der Waals surface area contributed by atoms with Gasteiger partial charge in [0.2, 0.25) is 5.56 Å². The Morgan fingerprint density at radius 2 is 1.90 bits per heavy atom. The van der Waals surface area contributed by atoms with Crippen LogP contribution in [0.4, 0.5) is 4.39 Å². The normalized spacial score (nSPS) is 11.9. The molecule has 0 aliphatic heterocycles. The van der Waals surface area contributed by atoms with Gasteiger partial charge in [-0.05, 0) is 30.7 Å². The van der Waals surface area contributed by atoms with Gasteiger partial charge < -0.3 is 9.88 Å². The van der Waals surface area contributed by atoms with Gasteiger partial charge in [0, 0.05) is 24.9 Å². The maximum atomic E-state index is 12.9. The summed E-state index contributed by atoms with van der Waals surface area (Å²) in [5, 5.41) is 0. The monoisotopic (exact) mass is 274 g/mol. The first-order valence-electron chi connectivity index (χ1n) is 6.20. The van der Waals surface area contributed by atoms with Crippen LogP contribution in [-0.2, 0) is 0 Å². The third-order valence-corrected chi connectivity index (χ3v) is 3.28. The lowest BCUT2D eigenvalue weighted by atomic mass is 10.1. The average Bonchev–Trinajstić information content (AvgIpc) is 2.46. The molecule has 2 rings (SSSR count). The van der Waals surface area contributed by atoms with Gasteiger partial charge in [-0.3, -0.25) is 9.59 Å². The Morgan fingerprint density at radius 1 is 1.25 bits per heavy atom. The predicted molar refractivity (Wildman–Crippen MR) is 74.0 cm³/mol. The SMILES string of the molecule is CC(c1ccc(F)cc1)N(C)C(=O)c1cc[nH]c(=O)c1. The number of H-pyrrole nitrogens is 1. The minimum Gasteiger partial charge on any atom is -0.335 e. The van der Waals surface area contributed by atoms with E-state index < -0.39 is 0 Å². The fraction of sp³-hybridized carbons (Fsp3) is 0.200. The summed E-state index contributed by atoms with van der Waals surface area (Å²) in [6, 6.07) is 8.59. The number of rotatable bonds is 3. The van der Waals surface area contributed by atoms with Crippen LogP contribution >= 0.6 is 0 Å². The highest BCUT2D eigenvalue weighted by Crippen LogP contribution is 2.20. The molecule has 0 fully saturated rings. The number of nitrogens with one attached hydrogen (secondary N) is 1. The summed E-state index contributed by atoms with van der Waals surface area (Å²) in [5.74, 6) is -0.572. The van der Waals surface area contributed by atoms with Gasteiger partial charge in [0.1, 0.15) is 5.82 Å². The van der Waals surface area contributed by atoms with Gasteiger partial charge >= 0.3 is 0 Å². The van der Waals surface area contributed by atoms with Crippen LogP contribution in [0.2, 0.25) is 0 Å². The Hall–Kier alpha value is -2.43. The van der Waals surface area contributed by atoms with E-state index in [0.29, 0.717) is 5.56 Å². The van der Waals surface area contributed by atoms with Crippen LogP contribution < -0.4 is 5.56 Å². The molecule has 20 heavy (non-hydrogen) atoms. The fourth-order valence-electron chi connectivity index (χ4n) is 1.92. The molecule has 0 bridgehead atoms. The molecule has 1 heterocycles. The molecule has 0 radical (unpaired) electrons. The second-order valence-corrected chi connectivity index (χ2v) is 4.59. The molecule has 1 unspecified atom stereocenters. The fourth-order valence-corrected chi connectivity index (χ4v) is 1.92. The molecule has 4 nitrogen and oxygen atoms in total.